The van der Waals surface area contributed by atoms with E-state index in [0.717, 1.165) is 50.5 Å². The Kier molecular flexibility index (Phi) is 4.12. The van der Waals surface area contributed by atoms with E-state index in [2.05, 4.69) is 13.8 Å². The number of aliphatic hydroxyl groups excluding tert-OH is 2. The number of ether oxygens (including phenoxy) is 1. The zero-order chi connectivity index (χ0) is 19.9. The molecule has 0 spiro atoms. The van der Waals surface area contributed by atoms with Crippen molar-refractivity contribution < 1.29 is 24.9 Å². The number of hydrogen-bond acceptors (Lipinski definition) is 5. The minimum absolute atomic E-state index is 0.0115. The molecule has 4 fully saturated rings. The lowest BCUT2D eigenvalue weighted by atomic mass is 9.42. The molecule has 0 radical (unpaired) electrons. The molecule has 28 heavy (non-hydrogen) atoms. The first kappa shape index (κ1) is 19.1. The van der Waals surface area contributed by atoms with Gasteiger partial charge in [0.1, 0.15) is 6.61 Å². The number of carbonyl (C=O) groups excluding carboxylic acids is 1. The van der Waals surface area contributed by atoms with Crippen LogP contribution in [0.15, 0.2) is 11.6 Å². The molecule has 5 heteroatoms. The third kappa shape index (κ3) is 2.33. The molecule has 0 saturated heterocycles. The largest absolute Gasteiger partial charge is 0.458 e. The highest BCUT2D eigenvalue weighted by Crippen LogP contribution is 2.69. The molecule has 1 aliphatic heterocycles. The van der Waals surface area contributed by atoms with Crippen molar-refractivity contribution in [2.75, 3.05) is 6.61 Å². The van der Waals surface area contributed by atoms with E-state index in [1.165, 1.54) is 0 Å². The summed E-state index contributed by atoms with van der Waals surface area (Å²) in [5, 5.41) is 33.7. The van der Waals surface area contributed by atoms with E-state index in [1.54, 1.807) is 6.08 Å². The van der Waals surface area contributed by atoms with Gasteiger partial charge in [0.2, 0.25) is 0 Å². The molecule has 0 bridgehead atoms. The molecule has 4 saturated carbocycles. The van der Waals surface area contributed by atoms with Gasteiger partial charge in [0.05, 0.1) is 17.8 Å². The third-order valence-electron chi connectivity index (χ3n) is 9.89. The number of rotatable bonds is 1. The van der Waals surface area contributed by atoms with Crippen LogP contribution in [0.25, 0.3) is 0 Å². The number of fused-ring (bicyclic) bond motifs is 5. The maximum Gasteiger partial charge on any atom is 0.331 e. The fourth-order valence-electron chi connectivity index (χ4n) is 8.49. The van der Waals surface area contributed by atoms with Crippen LogP contribution in [-0.4, -0.2) is 45.7 Å². The second-order valence-corrected chi connectivity index (χ2v) is 10.9. The molecule has 5 nitrogen and oxygen atoms in total. The molecule has 3 N–H and O–H groups in total. The van der Waals surface area contributed by atoms with Crippen LogP contribution in [0.4, 0.5) is 0 Å². The minimum atomic E-state index is -0.807. The highest BCUT2D eigenvalue weighted by atomic mass is 16.5. The van der Waals surface area contributed by atoms with Gasteiger partial charge in [0, 0.05) is 11.5 Å². The van der Waals surface area contributed by atoms with Crippen LogP contribution in [-0.2, 0) is 9.53 Å². The molecule has 156 valence electrons. The second-order valence-electron chi connectivity index (χ2n) is 10.9. The van der Waals surface area contributed by atoms with Crippen molar-refractivity contribution in [3.8, 4) is 0 Å². The highest BCUT2D eigenvalue weighted by Gasteiger charge is 2.69. The quantitative estimate of drug-likeness (QED) is 0.599. The van der Waals surface area contributed by atoms with Crippen molar-refractivity contribution in [2.45, 2.75) is 83.0 Å². The van der Waals surface area contributed by atoms with E-state index in [9.17, 15) is 20.1 Å². The Labute approximate surface area is 167 Å². The predicted octanol–water partition coefficient (Wildman–Crippen LogP) is 2.58. The van der Waals surface area contributed by atoms with Gasteiger partial charge in [-0.3, -0.25) is 0 Å². The highest BCUT2D eigenvalue weighted by molar-refractivity contribution is 5.85. The Morgan fingerprint density at radius 2 is 1.89 bits per heavy atom. The number of esters is 1. The van der Waals surface area contributed by atoms with Crippen LogP contribution >= 0.6 is 0 Å². The van der Waals surface area contributed by atoms with Crippen LogP contribution in [0.2, 0.25) is 0 Å². The topological polar surface area (TPSA) is 87.0 Å². The Morgan fingerprint density at radius 1 is 1.11 bits per heavy atom. The average Bonchev–Trinajstić information content (AvgIpc) is 3.16. The van der Waals surface area contributed by atoms with Crippen LogP contribution in [0.1, 0.15) is 65.2 Å². The van der Waals surface area contributed by atoms with Gasteiger partial charge in [-0.1, -0.05) is 13.8 Å². The molecule has 0 amide bonds. The molecule has 4 aliphatic carbocycles. The molecule has 0 aromatic rings. The first-order valence-electron chi connectivity index (χ1n) is 11.1. The lowest BCUT2D eigenvalue weighted by molar-refractivity contribution is -0.242. The zero-order valence-corrected chi connectivity index (χ0v) is 17.1. The average molecular weight is 391 g/mol. The molecule has 0 aromatic carbocycles. The monoisotopic (exact) mass is 390 g/mol. The van der Waals surface area contributed by atoms with Gasteiger partial charge >= 0.3 is 5.97 Å². The summed E-state index contributed by atoms with van der Waals surface area (Å²) in [5.41, 5.74) is -0.250. The van der Waals surface area contributed by atoms with Gasteiger partial charge in [0.15, 0.2) is 0 Å². The van der Waals surface area contributed by atoms with Crippen molar-refractivity contribution in [1.82, 2.24) is 0 Å². The predicted molar refractivity (Wildman–Crippen MR) is 103 cm³/mol. The normalized spacial score (nSPS) is 55.8. The van der Waals surface area contributed by atoms with Crippen LogP contribution in [0.3, 0.4) is 0 Å². The number of aliphatic hydroxyl groups is 3. The lowest BCUT2D eigenvalue weighted by Crippen LogP contribution is -2.66. The van der Waals surface area contributed by atoms with Gasteiger partial charge in [-0.15, -0.1) is 0 Å². The fourth-order valence-corrected chi connectivity index (χ4v) is 8.49. The van der Waals surface area contributed by atoms with Crippen molar-refractivity contribution in [3.05, 3.63) is 11.6 Å². The summed E-state index contributed by atoms with van der Waals surface area (Å²) < 4.78 is 5.17. The molecule has 5 rings (SSSR count). The SMILES string of the molecule is C[C@]12CC[C@@H](O)C[C@H]1CC[C@@H]1[C@@H]2[C@H](O)C[C@]2(C)[C@@H](C3=CC(=O)OC3)CC[C@]12O. The molecular weight excluding hydrogens is 356 g/mol. The van der Waals surface area contributed by atoms with Crippen LogP contribution < -0.4 is 0 Å². The van der Waals surface area contributed by atoms with Crippen LogP contribution in [0.5, 0.6) is 0 Å². The van der Waals surface area contributed by atoms with Gasteiger partial charge in [0.25, 0.3) is 0 Å². The van der Waals surface area contributed by atoms with E-state index in [-0.39, 0.29) is 35.2 Å². The van der Waals surface area contributed by atoms with E-state index in [0.29, 0.717) is 18.9 Å². The smallest absolute Gasteiger partial charge is 0.331 e. The summed E-state index contributed by atoms with van der Waals surface area (Å²) in [6, 6.07) is 0. The minimum Gasteiger partial charge on any atom is -0.458 e. The number of hydrogen-bond donors (Lipinski definition) is 3. The van der Waals surface area contributed by atoms with Gasteiger partial charge in [-0.2, -0.15) is 0 Å². The zero-order valence-electron chi connectivity index (χ0n) is 17.1. The van der Waals surface area contributed by atoms with Crippen molar-refractivity contribution in [3.63, 3.8) is 0 Å². The van der Waals surface area contributed by atoms with Gasteiger partial charge in [-0.25, -0.2) is 4.79 Å². The summed E-state index contributed by atoms with van der Waals surface area (Å²) in [7, 11) is 0. The summed E-state index contributed by atoms with van der Waals surface area (Å²) in [4.78, 5) is 11.6. The van der Waals surface area contributed by atoms with E-state index in [1.807, 2.05) is 0 Å². The Balaban J connectivity index is 1.51. The second kappa shape index (κ2) is 6.05. The third-order valence-corrected chi connectivity index (χ3v) is 9.89. The fraction of sp³-hybridized carbons (Fsp3) is 0.870. The molecule has 1 heterocycles. The van der Waals surface area contributed by atoms with Gasteiger partial charge in [-0.05, 0) is 86.0 Å². The summed E-state index contributed by atoms with van der Waals surface area (Å²) >= 11 is 0. The lowest BCUT2D eigenvalue weighted by Gasteiger charge is -2.65. The summed E-state index contributed by atoms with van der Waals surface area (Å²) in [6.45, 7) is 4.76. The van der Waals surface area contributed by atoms with E-state index >= 15 is 0 Å². The Morgan fingerprint density at radius 3 is 2.61 bits per heavy atom. The van der Waals surface area contributed by atoms with Gasteiger partial charge < -0.3 is 20.1 Å². The summed E-state index contributed by atoms with van der Waals surface area (Å²) in [6.07, 6.45) is 7.61. The molecule has 0 unspecified atom stereocenters. The van der Waals surface area contributed by atoms with Crippen molar-refractivity contribution in [1.29, 1.82) is 0 Å². The number of carbonyl (C=O) groups is 1. The van der Waals surface area contributed by atoms with E-state index < -0.39 is 17.1 Å². The van der Waals surface area contributed by atoms with E-state index in [4.69, 9.17) is 4.74 Å². The molecular formula is C23H34O5. The first-order valence-corrected chi connectivity index (χ1v) is 11.1. The molecule has 5 aliphatic rings. The Hall–Kier alpha value is -0.910. The molecule has 0 aromatic heterocycles. The molecule has 9 atom stereocenters. The Bertz CT molecular complexity index is 718. The number of cyclic esters (lactones) is 1. The van der Waals surface area contributed by atoms with Crippen molar-refractivity contribution in [2.24, 2.45) is 34.5 Å². The maximum atomic E-state index is 12.1. The van der Waals surface area contributed by atoms with Crippen molar-refractivity contribution >= 4 is 5.97 Å². The first-order chi connectivity index (χ1) is 13.2. The standard InChI is InChI=1S/C23H34O5/c1-21-7-5-15(24)10-14(21)3-4-17-20(21)18(25)11-22(2)16(6-8-23(17,22)27)13-9-19(26)28-12-13/h9,14-18,20,24-25,27H,3-8,10-12H2,1-2H3/t14-,15-,16-,17-,18-,20-,21+,22-,23+/m1/s1. The maximum absolute atomic E-state index is 12.1. The van der Waals surface area contributed by atoms with Crippen LogP contribution in [0, 0.1) is 34.5 Å². The summed E-state index contributed by atoms with van der Waals surface area (Å²) in [5.74, 6) is 0.420.